The van der Waals surface area contributed by atoms with E-state index in [9.17, 15) is 13.2 Å². The van der Waals surface area contributed by atoms with Crippen LogP contribution in [0.2, 0.25) is 0 Å². The number of nitrogens with one attached hydrogen (secondary N) is 2. The molecule has 6 heteroatoms. The molecule has 2 N–H and O–H groups in total. The first-order chi connectivity index (χ1) is 9.88. The first kappa shape index (κ1) is 16.0. The summed E-state index contributed by atoms with van der Waals surface area (Å²) in [5.41, 5.74) is 0.376. The third-order valence-electron chi connectivity index (χ3n) is 3.84. The van der Waals surface area contributed by atoms with Crippen molar-refractivity contribution in [2.24, 2.45) is 0 Å². The Bertz CT molecular complexity index is 607. The van der Waals surface area contributed by atoms with Crippen molar-refractivity contribution in [3.8, 4) is 0 Å². The molecule has 1 heterocycles. The molecule has 0 bridgehead atoms. The van der Waals surface area contributed by atoms with E-state index in [4.69, 9.17) is 0 Å². The Morgan fingerprint density at radius 1 is 1.38 bits per heavy atom. The number of carbonyl (C=O) groups excluding carboxylic acids is 1. The molecule has 1 amide bonds. The summed E-state index contributed by atoms with van der Waals surface area (Å²) in [6.07, 6.45) is 4.53. The summed E-state index contributed by atoms with van der Waals surface area (Å²) in [5, 5.41) is 6.35. The minimum Gasteiger partial charge on any atom is -0.348 e. The van der Waals surface area contributed by atoms with Crippen LogP contribution in [0, 0.1) is 0 Å². The molecule has 2 unspecified atom stereocenters. The van der Waals surface area contributed by atoms with Gasteiger partial charge in [-0.05, 0) is 44.5 Å². The monoisotopic (exact) mass is 310 g/mol. The van der Waals surface area contributed by atoms with Crippen molar-refractivity contribution in [3.63, 3.8) is 0 Å². The van der Waals surface area contributed by atoms with Gasteiger partial charge in [0, 0.05) is 23.9 Å². The maximum Gasteiger partial charge on any atom is 0.251 e. The fraction of sp³-hybridized carbons (Fsp3) is 0.533. The van der Waals surface area contributed by atoms with Crippen molar-refractivity contribution in [3.05, 3.63) is 29.8 Å². The normalized spacial score (nSPS) is 20.8. The van der Waals surface area contributed by atoms with Crippen LogP contribution in [-0.2, 0) is 9.84 Å². The van der Waals surface area contributed by atoms with Crippen LogP contribution in [0.25, 0.3) is 0 Å². The largest absolute Gasteiger partial charge is 0.348 e. The summed E-state index contributed by atoms with van der Waals surface area (Å²) in [5.74, 6) is -0.236. The van der Waals surface area contributed by atoms with E-state index in [1.807, 2.05) is 6.92 Å². The van der Waals surface area contributed by atoms with E-state index < -0.39 is 9.84 Å². The molecule has 0 saturated carbocycles. The molecule has 116 valence electrons. The highest BCUT2D eigenvalue weighted by molar-refractivity contribution is 7.90. The summed E-state index contributed by atoms with van der Waals surface area (Å²) in [6, 6.07) is 6.43. The molecular weight excluding hydrogens is 288 g/mol. The van der Waals surface area contributed by atoms with Crippen molar-refractivity contribution >= 4 is 15.7 Å². The topological polar surface area (TPSA) is 75.3 Å². The van der Waals surface area contributed by atoms with E-state index in [1.165, 1.54) is 25.0 Å². The van der Waals surface area contributed by atoms with Crippen molar-refractivity contribution in [1.29, 1.82) is 0 Å². The van der Waals surface area contributed by atoms with Gasteiger partial charge in [0.1, 0.15) is 0 Å². The van der Waals surface area contributed by atoms with Crippen molar-refractivity contribution in [2.45, 2.75) is 43.2 Å². The smallest absolute Gasteiger partial charge is 0.251 e. The molecule has 0 spiro atoms. The molecule has 1 saturated heterocycles. The molecule has 1 aromatic carbocycles. The number of hydrogen-bond donors (Lipinski definition) is 2. The Morgan fingerprint density at radius 2 is 2.14 bits per heavy atom. The zero-order chi connectivity index (χ0) is 15.5. The van der Waals surface area contributed by atoms with E-state index in [2.05, 4.69) is 10.6 Å². The molecule has 0 aliphatic carbocycles. The van der Waals surface area contributed by atoms with E-state index >= 15 is 0 Å². The first-order valence-corrected chi connectivity index (χ1v) is 9.11. The maximum absolute atomic E-state index is 12.2. The average molecular weight is 310 g/mol. The lowest BCUT2D eigenvalue weighted by atomic mass is 9.99. The lowest BCUT2D eigenvalue weighted by molar-refractivity contribution is 0.0928. The van der Waals surface area contributed by atoms with Crippen LogP contribution in [0.4, 0.5) is 0 Å². The highest BCUT2D eigenvalue weighted by Crippen LogP contribution is 2.13. The van der Waals surface area contributed by atoms with Gasteiger partial charge in [-0.2, -0.15) is 0 Å². The van der Waals surface area contributed by atoms with Crippen molar-refractivity contribution in [1.82, 2.24) is 10.6 Å². The number of hydrogen-bond acceptors (Lipinski definition) is 4. The molecular formula is C15H22N2O3S. The minimum absolute atomic E-state index is 0.0136. The standard InChI is InChI=1S/C15H22N2O3S/c1-11(14-8-3-4-9-16-14)17-15(18)12-6-5-7-13(10-12)21(2,19)20/h5-7,10-11,14,16H,3-4,8-9H2,1-2H3,(H,17,18). The van der Waals surface area contributed by atoms with Crippen molar-refractivity contribution < 1.29 is 13.2 Å². The summed E-state index contributed by atoms with van der Waals surface area (Å²) in [7, 11) is -3.30. The molecule has 0 aromatic heterocycles. The number of piperidine rings is 1. The van der Waals surface area contributed by atoms with Crippen LogP contribution < -0.4 is 10.6 Å². The first-order valence-electron chi connectivity index (χ1n) is 7.22. The van der Waals surface area contributed by atoms with Gasteiger partial charge >= 0.3 is 0 Å². The van der Waals surface area contributed by atoms with Gasteiger partial charge < -0.3 is 10.6 Å². The predicted octanol–water partition coefficient (Wildman–Crippen LogP) is 1.35. The Morgan fingerprint density at radius 3 is 2.76 bits per heavy atom. The highest BCUT2D eigenvalue weighted by atomic mass is 32.2. The van der Waals surface area contributed by atoms with Gasteiger partial charge in [0.2, 0.25) is 0 Å². The third-order valence-corrected chi connectivity index (χ3v) is 4.95. The maximum atomic E-state index is 12.2. The van der Waals surface area contributed by atoms with Crippen LogP contribution in [0.3, 0.4) is 0 Å². The minimum atomic E-state index is -3.30. The van der Waals surface area contributed by atoms with E-state index in [-0.39, 0.29) is 22.9 Å². The van der Waals surface area contributed by atoms with Crippen molar-refractivity contribution in [2.75, 3.05) is 12.8 Å². The van der Waals surface area contributed by atoms with Crippen LogP contribution in [0.15, 0.2) is 29.2 Å². The Labute approximate surface area is 126 Å². The number of sulfone groups is 1. The molecule has 5 nitrogen and oxygen atoms in total. The SMILES string of the molecule is CC(NC(=O)c1cccc(S(C)(=O)=O)c1)C1CCCCN1. The fourth-order valence-electron chi connectivity index (χ4n) is 2.56. The summed E-state index contributed by atoms with van der Waals surface area (Å²) >= 11 is 0. The molecule has 1 aliphatic rings. The van der Waals surface area contributed by atoms with E-state index in [1.54, 1.807) is 12.1 Å². The second-order valence-corrected chi connectivity index (χ2v) is 7.63. The Balaban J connectivity index is 2.06. The van der Waals surface area contributed by atoms with Gasteiger partial charge in [0.25, 0.3) is 5.91 Å². The second-order valence-electron chi connectivity index (χ2n) is 5.62. The number of benzene rings is 1. The number of rotatable bonds is 4. The highest BCUT2D eigenvalue weighted by Gasteiger charge is 2.21. The summed E-state index contributed by atoms with van der Waals surface area (Å²) in [4.78, 5) is 12.4. The number of carbonyl (C=O) groups is 1. The molecule has 0 radical (unpaired) electrons. The van der Waals surface area contributed by atoms with Crippen LogP contribution in [0.5, 0.6) is 0 Å². The van der Waals surface area contributed by atoms with Crippen LogP contribution >= 0.6 is 0 Å². The van der Waals surface area contributed by atoms with Crippen LogP contribution in [0.1, 0.15) is 36.5 Å². The second kappa shape index (κ2) is 6.58. The average Bonchev–Trinajstić information content (AvgIpc) is 2.47. The van der Waals surface area contributed by atoms with Gasteiger partial charge in [0.15, 0.2) is 9.84 Å². The third kappa shape index (κ3) is 4.28. The van der Waals surface area contributed by atoms with Gasteiger partial charge in [-0.1, -0.05) is 12.5 Å². The molecule has 1 aliphatic heterocycles. The molecule has 1 fully saturated rings. The molecule has 1 aromatic rings. The quantitative estimate of drug-likeness (QED) is 0.880. The Kier molecular flexibility index (Phi) is 5.00. The molecule has 2 atom stereocenters. The summed E-state index contributed by atoms with van der Waals surface area (Å²) < 4.78 is 23.1. The van der Waals surface area contributed by atoms with Gasteiger partial charge in [-0.3, -0.25) is 4.79 Å². The van der Waals surface area contributed by atoms with Gasteiger partial charge in [0.05, 0.1) is 4.90 Å². The van der Waals surface area contributed by atoms with E-state index in [0.717, 1.165) is 19.2 Å². The molecule has 21 heavy (non-hydrogen) atoms. The van der Waals surface area contributed by atoms with E-state index in [0.29, 0.717) is 5.56 Å². The molecule has 2 rings (SSSR count). The Hall–Kier alpha value is -1.40. The lowest BCUT2D eigenvalue weighted by Crippen LogP contribution is -2.50. The van der Waals surface area contributed by atoms with Gasteiger partial charge in [-0.25, -0.2) is 8.42 Å². The zero-order valence-electron chi connectivity index (χ0n) is 12.4. The summed E-state index contributed by atoms with van der Waals surface area (Å²) in [6.45, 7) is 2.95. The predicted molar refractivity (Wildman–Crippen MR) is 82.1 cm³/mol. The lowest BCUT2D eigenvalue weighted by Gasteiger charge is -2.29. The number of amides is 1. The van der Waals surface area contributed by atoms with Gasteiger partial charge in [-0.15, -0.1) is 0 Å². The zero-order valence-corrected chi connectivity index (χ0v) is 13.2. The van der Waals surface area contributed by atoms with Crippen LogP contribution in [-0.4, -0.2) is 39.2 Å². The fourth-order valence-corrected chi connectivity index (χ4v) is 3.23.